The summed E-state index contributed by atoms with van der Waals surface area (Å²) < 4.78 is 29.6. The summed E-state index contributed by atoms with van der Waals surface area (Å²) in [6.07, 6.45) is 2.91. The van der Waals surface area contributed by atoms with Gasteiger partial charge in [0.15, 0.2) is 0 Å². The molecule has 216 valence electrons. The Bertz CT molecular complexity index is 1540. The van der Waals surface area contributed by atoms with Crippen molar-refractivity contribution in [1.29, 1.82) is 0 Å². The van der Waals surface area contributed by atoms with Crippen molar-refractivity contribution >= 4 is 50.7 Å². The van der Waals surface area contributed by atoms with E-state index in [4.69, 9.17) is 23.2 Å². The van der Waals surface area contributed by atoms with E-state index in [2.05, 4.69) is 16.0 Å². The molecule has 11 heteroatoms. The molecule has 0 radical (unpaired) electrons. The highest BCUT2D eigenvalue weighted by Crippen LogP contribution is 2.48. The Balaban J connectivity index is 1.36. The van der Waals surface area contributed by atoms with Crippen molar-refractivity contribution < 1.29 is 18.0 Å². The number of nitrogens with zero attached hydrogens (tertiary/aromatic N) is 1. The second-order valence-electron chi connectivity index (χ2n) is 10.3. The van der Waals surface area contributed by atoms with Crippen LogP contribution in [0, 0.1) is 5.92 Å². The molecule has 0 aromatic heterocycles. The number of fused-ring (bicyclic) bond motifs is 3. The van der Waals surface area contributed by atoms with Crippen LogP contribution in [0.15, 0.2) is 71.6 Å². The van der Waals surface area contributed by atoms with Gasteiger partial charge in [0.25, 0.3) is 10.0 Å². The second kappa shape index (κ2) is 12.8. The molecule has 8 nitrogen and oxygen atoms in total. The lowest BCUT2D eigenvalue weighted by Gasteiger charge is -2.39. The molecule has 2 aliphatic rings. The van der Waals surface area contributed by atoms with Crippen LogP contribution in [-0.4, -0.2) is 46.4 Å². The van der Waals surface area contributed by atoms with Gasteiger partial charge in [-0.3, -0.25) is 13.9 Å². The van der Waals surface area contributed by atoms with E-state index in [-0.39, 0.29) is 33.8 Å². The number of halogens is 2. The van der Waals surface area contributed by atoms with Crippen molar-refractivity contribution in [2.45, 2.75) is 36.6 Å². The molecule has 41 heavy (non-hydrogen) atoms. The number of carbonyl (C=O) groups excluding carboxylic acids is 2. The first-order valence-electron chi connectivity index (χ1n) is 13.7. The Hall–Kier alpha value is -3.11. The first-order valence-corrected chi connectivity index (χ1v) is 15.9. The molecule has 1 atom stereocenters. The monoisotopic (exact) mass is 614 g/mol. The van der Waals surface area contributed by atoms with Gasteiger partial charge in [0.2, 0.25) is 11.8 Å². The molecule has 3 aromatic rings. The molecule has 1 fully saturated rings. The first kappa shape index (κ1) is 29.4. The third-order valence-electron chi connectivity index (χ3n) is 7.64. The van der Waals surface area contributed by atoms with Gasteiger partial charge in [-0.15, -0.1) is 0 Å². The summed E-state index contributed by atoms with van der Waals surface area (Å²) >= 11 is 12.3. The van der Waals surface area contributed by atoms with Gasteiger partial charge in [-0.2, -0.15) is 0 Å². The third-order valence-corrected chi connectivity index (χ3v) is 10.2. The van der Waals surface area contributed by atoms with E-state index in [0.717, 1.165) is 43.5 Å². The van der Waals surface area contributed by atoms with Gasteiger partial charge in [0.1, 0.15) is 0 Å². The average Bonchev–Trinajstić information content (AvgIpc) is 2.98. The number of sulfonamides is 1. The summed E-state index contributed by atoms with van der Waals surface area (Å²) in [4.78, 5) is 25.6. The lowest BCUT2D eigenvalue weighted by atomic mass is 9.88. The number of hydrogen-bond donors (Lipinski definition) is 3. The molecule has 0 bridgehead atoms. The van der Waals surface area contributed by atoms with Crippen molar-refractivity contribution in [3.8, 4) is 11.1 Å². The van der Waals surface area contributed by atoms with Crippen LogP contribution < -0.4 is 20.3 Å². The SMILES string of the molecule is O=C(CNC(=O)CC1c2ccccc2-c2ccccc2N1S(=O)(=O)c1ccc(Cl)c(Cl)c1)NCCC1CCNCC1. The molecule has 5 rings (SSSR count). The fraction of sp³-hybridized carbons (Fsp3) is 0.333. The fourth-order valence-electron chi connectivity index (χ4n) is 5.54. The minimum atomic E-state index is -4.18. The van der Waals surface area contributed by atoms with Crippen molar-refractivity contribution in [3.63, 3.8) is 0 Å². The van der Waals surface area contributed by atoms with Gasteiger partial charge < -0.3 is 16.0 Å². The molecule has 2 heterocycles. The Kier molecular flexibility index (Phi) is 9.19. The molecule has 2 amide bonds. The summed E-state index contributed by atoms with van der Waals surface area (Å²) in [7, 11) is -4.18. The molecular weight excluding hydrogens is 583 g/mol. The molecule has 1 unspecified atom stereocenters. The Morgan fingerprint density at radius 1 is 0.878 bits per heavy atom. The molecule has 0 spiro atoms. The van der Waals surface area contributed by atoms with E-state index < -0.39 is 22.0 Å². The van der Waals surface area contributed by atoms with Crippen LogP contribution >= 0.6 is 23.2 Å². The predicted molar refractivity (Wildman–Crippen MR) is 162 cm³/mol. The lowest BCUT2D eigenvalue weighted by Crippen LogP contribution is -2.42. The van der Waals surface area contributed by atoms with E-state index in [1.54, 1.807) is 12.1 Å². The van der Waals surface area contributed by atoms with Crippen LogP contribution in [0.5, 0.6) is 0 Å². The smallest absolute Gasteiger partial charge is 0.264 e. The normalized spacial score (nSPS) is 16.9. The lowest BCUT2D eigenvalue weighted by molar-refractivity contribution is -0.126. The summed E-state index contributed by atoms with van der Waals surface area (Å²) in [5.74, 6) is -0.127. The molecule has 2 aliphatic heterocycles. The molecular formula is C30H32Cl2N4O4S. The van der Waals surface area contributed by atoms with Crippen LogP contribution in [0.25, 0.3) is 11.1 Å². The van der Waals surface area contributed by atoms with Crippen molar-refractivity contribution in [3.05, 3.63) is 82.3 Å². The van der Waals surface area contributed by atoms with Crippen LogP contribution in [0.3, 0.4) is 0 Å². The van der Waals surface area contributed by atoms with E-state index in [0.29, 0.717) is 23.7 Å². The van der Waals surface area contributed by atoms with Gasteiger partial charge in [0, 0.05) is 12.1 Å². The van der Waals surface area contributed by atoms with Gasteiger partial charge in [-0.1, -0.05) is 65.7 Å². The van der Waals surface area contributed by atoms with Crippen LogP contribution in [0.2, 0.25) is 10.0 Å². The van der Waals surface area contributed by atoms with Crippen molar-refractivity contribution in [2.75, 3.05) is 30.5 Å². The van der Waals surface area contributed by atoms with E-state index in [9.17, 15) is 18.0 Å². The fourth-order valence-corrected chi connectivity index (χ4v) is 7.57. The van der Waals surface area contributed by atoms with Crippen LogP contribution in [-0.2, 0) is 19.6 Å². The molecule has 3 aromatic carbocycles. The number of amides is 2. The zero-order valence-corrected chi connectivity index (χ0v) is 24.7. The van der Waals surface area contributed by atoms with E-state index >= 15 is 0 Å². The van der Waals surface area contributed by atoms with Gasteiger partial charge in [0.05, 0.1) is 39.6 Å². The number of hydrogen-bond acceptors (Lipinski definition) is 5. The summed E-state index contributed by atoms with van der Waals surface area (Å²) in [5.41, 5.74) is 2.72. The number of piperidine rings is 1. The molecule has 1 saturated heterocycles. The zero-order valence-electron chi connectivity index (χ0n) is 22.4. The van der Waals surface area contributed by atoms with Gasteiger partial charge in [-0.25, -0.2) is 8.42 Å². The third kappa shape index (κ3) is 6.54. The maximum atomic E-state index is 14.2. The van der Waals surface area contributed by atoms with Crippen molar-refractivity contribution in [2.24, 2.45) is 5.92 Å². The van der Waals surface area contributed by atoms with E-state index in [1.807, 2.05) is 36.4 Å². The maximum absolute atomic E-state index is 14.2. The first-order chi connectivity index (χ1) is 19.8. The van der Waals surface area contributed by atoms with Crippen LogP contribution in [0.1, 0.15) is 37.3 Å². The molecule has 3 N–H and O–H groups in total. The Morgan fingerprint density at radius 3 is 2.34 bits per heavy atom. The average molecular weight is 616 g/mol. The largest absolute Gasteiger partial charge is 0.355 e. The highest BCUT2D eigenvalue weighted by atomic mass is 35.5. The standard InChI is InChI=1S/C30H32Cl2N4O4S/c31-25-10-9-21(17-26(25)32)41(39,40)36-27-8-4-3-6-23(27)22-5-1-2-7-24(22)28(36)18-29(37)35-19-30(38)34-16-13-20-11-14-33-15-12-20/h1-10,17,20,28,33H,11-16,18-19H2,(H,34,38)(H,35,37). The minimum Gasteiger partial charge on any atom is -0.355 e. The highest BCUT2D eigenvalue weighted by Gasteiger charge is 2.40. The van der Waals surface area contributed by atoms with E-state index in [1.165, 1.54) is 22.5 Å². The second-order valence-corrected chi connectivity index (χ2v) is 12.9. The maximum Gasteiger partial charge on any atom is 0.264 e. The molecule has 0 saturated carbocycles. The number of carbonyl (C=O) groups is 2. The number of rotatable bonds is 9. The Morgan fingerprint density at radius 2 is 1.59 bits per heavy atom. The van der Waals surface area contributed by atoms with Gasteiger partial charge in [-0.05, 0) is 73.7 Å². The number of para-hydroxylation sites is 1. The molecule has 0 aliphatic carbocycles. The summed E-state index contributed by atoms with van der Waals surface area (Å²) in [6.45, 7) is 2.37. The number of benzene rings is 3. The minimum absolute atomic E-state index is 0.0420. The zero-order chi connectivity index (χ0) is 29.0. The van der Waals surface area contributed by atoms with Gasteiger partial charge >= 0.3 is 0 Å². The quantitative estimate of drug-likeness (QED) is 0.317. The summed E-state index contributed by atoms with van der Waals surface area (Å²) in [5, 5.41) is 9.24. The Labute approximate surface area is 250 Å². The van der Waals surface area contributed by atoms with Crippen molar-refractivity contribution in [1.82, 2.24) is 16.0 Å². The van der Waals surface area contributed by atoms with Crippen LogP contribution in [0.4, 0.5) is 5.69 Å². The predicted octanol–water partition coefficient (Wildman–Crippen LogP) is 4.92. The number of nitrogens with one attached hydrogen (secondary N) is 3. The highest BCUT2D eigenvalue weighted by molar-refractivity contribution is 7.92. The summed E-state index contributed by atoms with van der Waals surface area (Å²) in [6, 6.07) is 17.9. The number of anilines is 1. The topological polar surface area (TPSA) is 108 Å².